The second-order valence-electron chi connectivity index (χ2n) is 5.03. The van der Waals surface area contributed by atoms with Gasteiger partial charge in [-0.25, -0.2) is 4.39 Å². The van der Waals surface area contributed by atoms with Crippen LogP contribution < -0.4 is 5.32 Å². The highest BCUT2D eigenvalue weighted by molar-refractivity contribution is 7.19. The summed E-state index contributed by atoms with van der Waals surface area (Å²) in [5.74, 6) is -0.164. The van der Waals surface area contributed by atoms with Crippen LogP contribution in [0, 0.1) is 5.82 Å². The molecule has 0 aliphatic heterocycles. The molecule has 0 radical (unpaired) electrons. The van der Waals surface area contributed by atoms with Crippen LogP contribution in [0.3, 0.4) is 0 Å². The van der Waals surface area contributed by atoms with Gasteiger partial charge in [-0.1, -0.05) is 6.92 Å². The van der Waals surface area contributed by atoms with Gasteiger partial charge < -0.3 is 10.2 Å². The number of rotatable bonds is 6. The van der Waals surface area contributed by atoms with Crippen molar-refractivity contribution in [3.63, 3.8) is 0 Å². The fourth-order valence-electron chi connectivity index (χ4n) is 2.09. The van der Waals surface area contributed by atoms with E-state index in [4.69, 9.17) is 0 Å². The van der Waals surface area contributed by atoms with E-state index in [0.717, 1.165) is 29.7 Å². The fraction of sp³-hybridized carbons (Fsp3) is 0.467. The first-order valence-electron chi connectivity index (χ1n) is 6.68. The summed E-state index contributed by atoms with van der Waals surface area (Å²) in [6, 6.07) is 7.50. The van der Waals surface area contributed by atoms with Crippen LogP contribution in [0.4, 0.5) is 4.39 Å². The second-order valence-corrected chi connectivity index (χ2v) is 6.20. The molecule has 1 heterocycles. The average Bonchev–Trinajstić information content (AvgIpc) is 2.78. The number of fused-ring (bicyclic) bond motifs is 1. The lowest BCUT2D eigenvalue weighted by Crippen LogP contribution is -2.36. The van der Waals surface area contributed by atoms with Crippen molar-refractivity contribution < 1.29 is 4.39 Å². The molecule has 19 heavy (non-hydrogen) atoms. The Bertz CT molecular complexity index is 538. The van der Waals surface area contributed by atoms with Crippen LogP contribution in [-0.4, -0.2) is 31.1 Å². The number of nitrogens with zero attached hydrogens (tertiary/aromatic N) is 1. The predicted octanol–water partition coefficient (Wildman–Crippen LogP) is 3.47. The number of hydrogen-bond acceptors (Lipinski definition) is 3. The highest BCUT2D eigenvalue weighted by Crippen LogP contribution is 2.26. The molecule has 2 rings (SSSR count). The summed E-state index contributed by atoms with van der Waals surface area (Å²) in [7, 11) is 2.13. The van der Waals surface area contributed by atoms with Crippen molar-refractivity contribution in [3.8, 4) is 0 Å². The summed E-state index contributed by atoms with van der Waals surface area (Å²) in [5, 5.41) is 4.51. The average molecular weight is 280 g/mol. The van der Waals surface area contributed by atoms with Gasteiger partial charge in [-0.2, -0.15) is 0 Å². The summed E-state index contributed by atoms with van der Waals surface area (Å²) in [6.07, 6.45) is 0. The van der Waals surface area contributed by atoms with Gasteiger partial charge >= 0.3 is 0 Å². The van der Waals surface area contributed by atoms with Gasteiger partial charge in [0, 0.05) is 28.7 Å². The third-order valence-electron chi connectivity index (χ3n) is 3.28. The Kier molecular flexibility index (Phi) is 4.91. The summed E-state index contributed by atoms with van der Waals surface area (Å²) >= 11 is 1.73. The van der Waals surface area contributed by atoms with Gasteiger partial charge in [-0.05, 0) is 50.2 Å². The Morgan fingerprint density at radius 3 is 2.89 bits per heavy atom. The quantitative estimate of drug-likeness (QED) is 0.871. The molecule has 0 bridgehead atoms. The molecule has 0 aliphatic carbocycles. The van der Waals surface area contributed by atoms with Crippen molar-refractivity contribution in [1.82, 2.24) is 10.2 Å². The normalized spacial score (nSPS) is 13.3. The molecule has 1 unspecified atom stereocenters. The van der Waals surface area contributed by atoms with Crippen LogP contribution in [0.2, 0.25) is 0 Å². The number of benzene rings is 1. The molecule has 1 aromatic heterocycles. The van der Waals surface area contributed by atoms with E-state index in [0.29, 0.717) is 6.04 Å². The van der Waals surface area contributed by atoms with E-state index in [1.165, 1.54) is 10.9 Å². The van der Waals surface area contributed by atoms with E-state index in [1.807, 2.05) is 6.07 Å². The monoisotopic (exact) mass is 280 g/mol. The molecule has 0 amide bonds. The number of likely N-dealkylation sites (N-methyl/N-ethyl adjacent to an activating group) is 1. The highest BCUT2D eigenvalue weighted by Gasteiger charge is 2.07. The maximum absolute atomic E-state index is 13.1. The van der Waals surface area contributed by atoms with Gasteiger partial charge in [0.25, 0.3) is 0 Å². The van der Waals surface area contributed by atoms with Gasteiger partial charge in [0.1, 0.15) is 5.82 Å². The number of halogens is 1. The molecule has 104 valence electrons. The molecule has 2 nitrogen and oxygen atoms in total. The van der Waals surface area contributed by atoms with E-state index < -0.39 is 0 Å². The van der Waals surface area contributed by atoms with Gasteiger partial charge in [0.15, 0.2) is 0 Å². The third-order valence-corrected chi connectivity index (χ3v) is 4.40. The number of hydrogen-bond donors (Lipinski definition) is 1. The lowest BCUT2D eigenvalue weighted by Gasteiger charge is -2.20. The number of thiophene rings is 1. The topological polar surface area (TPSA) is 15.3 Å². The zero-order valence-electron chi connectivity index (χ0n) is 11.7. The predicted molar refractivity (Wildman–Crippen MR) is 81.3 cm³/mol. The van der Waals surface area contributed by atoms with Gasteiger partial charge in [0.05, 0.1) is 0 Å². The molecular weight excluding hydrogens is 259 g/mol. The second kappa shape index (κ2) is 6.46. The summed E-state index contributed by atoms with van der Waals surface area (Å²) in [4.78, 5) is 3.55. The Balaban J connectivity index is 1.94. The first-order chi connectivity index (χ1) is 9.08. The molecule has 0 aliphatic rings. The third kappa shape index (κ3) is 4.00. The minimum absolute atomic E-state index is 0.164. The zero-order chi connectivity index (χ0) is 13.8. The number of nitrogens with one attached hydrogen (secondary N) is 1. The van der Waals surface area contributed by atoms with Crippen molar-refractivity contribution in [2.45, 2.75) is 26.4 Å². The van der Waals surface area contributed by atoms with Crippen molar-refractivity contribution in [2.24, 2.45) is 0 Å². The van der Waals surface area contributed by atoms with E-state index in [-0.39, 0.29) is 5.82 Å². The van der Waals surface area contributed by atoms with Crippen molar-refractivity contribution in [3.05, 3.63) is 35.0 Å². The summed E-state index contributed by atoms with van der Waals surface area (Å²) in [6.45, 7) is 7.30. The van der Waals surface area contributed by atoms with Gasteiger partial charge in [-0.3, -0.25) is 0 Å². The van der Waals surface area contributed by atoms with Crippen LogP contribution in [0.15, 0.2) is 24.3 Å². The van der Waals surface area contributed by atoms with E-state index in [9.17, 15) is 4.39 Å². The lowest BCUT2D eigenvalue weighted by molar-refractivity contribution is 0.310. The molecule has 0 saturated carbocycles. The molecule has 1 N–H and O–H groups in total. The summed E-state index contributed by atoms with van der Waals surface area (Å²) in [5.41, 5.74) is 0. The van der Waals surface area contributed by atoms with Crippen molar-refractivity contribution in [1.29, 1.82) is 0 Å². The van der Waals surface area contributed by atoms with Crippen LogP contribution in [0.5, 0.6) is 0 Å². The Morgan fingerprint density at radius 2 is 2.16 bits per heavy atom. The first kappa shape index (κ1) is 14.4. The minimum Gasteiger partial charge on any atom is -0.308 e. The molecular formula is C15H21FN2S. The molecule has 1 aromatic carbocycles. The Morgan fingerprint density at radius 1 is 1.37 bits per heavy atom. The van der Waals surface area contributed by atoms with Crippen molar-refractivity contribution in [2.75, 3.05) is 20.1 Å². The largest absolute Gasteiger partial charge is 0.308 e. The fourth-order valence-corrected chi connectivity index (χ4v) is 3.09. The molecule has 0 saturated heterocycles. The first-order valence-corrected chi connectivity index (χ1v) is 7.50. The zero-order valence-corrected chi connectivity index (χ0v) is 12.6. The Hall–Kier alpha value is -0.970. The van der Waals surface area contributed by atoms with E-state index in [1.54, 1.807) is 17.4 Å². The van der Waals surface area contributed by atoms with Gasteiger partial charge in [0.2, 0.25) is 0 Å². The highest BCUT2D eigenvalue weighted by atomic mass is 32.1. The minimum atomic E-state index is -0.164. The maximum atomic E-state index is 13.1. The van der Waals surface area contributed by atoms with Crippen LogP contribution in [0.25, 0.3) is 10.1 Å². The van der Waals surface area contributed by atoms with E-state index >= 15 is 0 Å². The smallest absolute Gasteiger partial charge is 0.123 e. The van der Waals surface area contributed by atoms with Crippen LogP contribution in [0.1, 0.15) is 18.7 Å². The van der Waals surface area contributed by atoms with Crippen LogP contribution >= 0.6 is 11.3 Å². The standard InChI is InChI=1S/C15H21FN2S/c1-4-18(3)10-11(2)17-9-14-8-12-7-13(16)5-6-15(12)19-14/h5-8,11,17H,4,9-10H2,1-3H3. The maximum Gasteiger partial charge on any atom is 0.123 e. The molecule has 2 aromatic rings. The molecule has 0 spiro atoms. The summed E-state index contributed by atoms with van der Waals surface area (Å²) < 4.78 is 14.3. The van der Waals surface area contributed by atoms with Crippen LogP contribution in [-0.2, 0) is 6.54 Å². The van der Waals surface area contributed by atoms with E-state index in [2.05, 4.69) is 37.2 Å². The molecule has 0 fully saturated rings. The SMILES string of the molecule is CCN(C)CC(C)NCc1cc2cc(F)ccc2s1. The lowest BCUT2D eigenvalue weighted by atomic mass is 10.2. The molecule has 1 atom stereocenters. The van der Waals surface area contributed by atoms with Gasteiger partial charge in [-0.15, -0.1) is 11.3 Å². The molecule has 4 heteroatoms. The Labute approximate surface area is 118 Å². The van der Waals surface area contributed by atoms with Crippen molar-refractivity contribution >= 4 is 21.4 Å².